The maximum Gasteiger partial charge on any atom is 0.308 e. The zero-order chi connectivity index (χ0) is 17.5. The van der Waals surface area contributed by atoms with Crippen molar-refractivity contribution in [2.45, 2.75) is 63.9 Å². The zero-order valence-electron chi connectivity index (χ0n) is 15.5. The molecule has 0 spiro atoms. The van der Waals surface area contributed by atoms with Crippen LogP contribution in [-0.4, -0.2) is 75.7 Å². The maximum atomic E-state index is 11.8. The first-order valence-electron chi connectivity index (χ1n) is 9.23. The van der Waals surface area contributed by atoms with E-state index in [9.17, 15) is 4.79 Å². The van der Waals surface area contributed by atoms with Crippen LogP contribution in [0, 0.1) is 5.92 Å². The Kier molecular flexibility index (Phi) is 7.94. The minimum atomic E-state index is -0.0502. The van der Waals surface area contributed by atoms with E-state index in [1.54, 1.807) is 7.11 Å². The Hall–Kier alpha value is -0.690. The molecule has 2 rings (SSSR count). The van der Waals surface area contributed by atoms with Gasteiger partial charge in [0.2, 0.25) is 0 Å². The van der Waals surface area contributed by atoms with Crippen molar-refractivity contribution in [2.75, 3.05) is 40.5 Å². The minimum absolute atomic E-state index is 0.0491. The van der Waals surface area contributed by atoms with Crippen molar-refractivity contribution in [2.24, 2.45) is 5.92 Å². The molecule has 1 saturated heterocycles. The third kappa shape index (κ3) is 4.91. The van der Waals surface area contributed by atoms with Gasteiger partial charge in [-0.05, 0) is 46.6 Å². The Morgan fingerprint density at radius 3 is 2.38 bits per heavy atom. The zero-order valence-corrected chi connectivity index (χ0v) is 15.5. The Balaban J connectivity index is 1.78. The molecule has 0 amide bonds. The summed E-state index contributed by atoms with van der Waals surface area (Å²) in [4.78, 5) is 14.1. The van der Waals surface area contributed by atoms with Crippen LogP contribution in [0.2, 0.25) is 0 Å². The van der Waals surface area contributed by atoms with E-state index >= 15 is 0 Å². The van der Waals surface area contributed by atoms with Crippen LogP contribution in [-0.2, 0) is 23.7 Å². The largest absolute Gasteiger partial charge is 0.466 e. The third-order valence-electron chi connectivity index (χ3n) is 5.24. The lowest BCUT2D eigenvalue weighted by atomic mass is 9.87. The molecular weight excluding hydrogens is 310 g/mol. The smallest absolute Gasteiger partial charge is 0.308 e. The average Bonchev–Trinajstić information content (AvgIpc) is 2.89. The van der Waals surface area contributed by atoms with E-state index in [1.807, 2.05) is 13.8 Å². The van der Waals surface area contributed by atoms with Crippen LogP contribution in [0.4, 0.5) is 0 Å². The number of carbonyl (C=O) groups is 1. The standard InChI is InChI=1S/C18H33NO5/c1-5-22-17-15(19(3)11-16(17)21-4)12-24-14-9-7-13(8-10-14)18(20)23-6-2/h13-17H,5-12H2,1-4H3/t13?,14?,15-,16+,17-/m1/s1. The molecule has 0 aromatic carbocycles. The number of nitrogens with zero attached hydrogens (tertiary/aromatic N) is 1. The molecule has 1 aliphatic heterocycles. The number of likely N-dealkylation sites (tertiary alicyclic amines) is 1. The lowest BCUT2D eigenvalue weighted by Gasteiger charge is -2.31. The Morgan fingerprint density at radius 1 is 1.08 bits per heavy atom. The first kappa shape index (κ1) is 19.6. The highest BCUT2D eigenvalue weighted by atomic mass is 16.5. The first-order valence-corrected chi connectivity index (χ1v) is 9.23. The number of esters is 1. The van der Waals surface area contributed by atoms with Crippen LogP contribution in [0.3, 0.4) is 0 Å². The van der Waals surface area contributed by atoms with Crippen LogP contribution in [0.1, 0.15) is 39.5 Å². The van der Waals surface area contributed by atoms with Gasteiger partial charge in [0.05, 0.1) is 37.4 Å². The molecule has 1 saturated carbocycles. The number of hydrogen-bond acceptors (Lipinski definition) is 6. The summed E-state index contributed by atoms with van der Waals surface area (Å²) in [5.74, 6) is -0.00109. The van der Waals surface area contributed by atoms with Crippen molar-refractivity contribution >= 4 is 5.97 Å². The molecule has 1 heterocycles. The molecule has 2 aliphatic rings. The number of carbonyl (C=O) groups excluding carboxylic acids is 1. The van der Waals surface area contributed by atoms with Crippen molar-refractivity contribution in [1.82, 2.24) is 4.90 Å². The summed E-state index contributed by atoms with van der Waals surface area (Å²) in [6, 6.07) is 0.220. The van der Waals surface area contributed by atoms with Gasteiger partial charge in [-0.3, -0.25) is 9.69 Å². The topological polar surface area (TPSA) is 57.2 Å². The van der Waals surface area contributed by atoms with E-state index in [0.29, 0.717) is 19.8 Å². The fraction of sp³-hybridized carbons (Fsp3) is 0.944. The Labute approximate surface area is 145 Å². The molecule has 3 atom stereocenters. The van der Waals surface area contributed by atoms with Crippen molar-refractivity contribution in [3.8, 4) is 0 Å². The second kappa shape index (κ2) is 9.70. The molecule has 0 N–H and O–H groups in total. The molecule has 24 heavy (non-hydrogen) atoms. The Morgan fingerprint density at radius 2 is 1.79 bits per heavy atom. The van der Waals surface area contributed by atoms with Gasteiger partial charge >= 0.3 is 5.97 Å². The second-order valence-electron chi connectivity index (χ2n) is 6.76. The van der Waals surface area contributed by atoms with Crippen LogP contribution in [0.25, 0.3) is 0 Å². The van der Waals surface area contributed by atoms with Gasteiger partial charge in [0.15, 0.2) is 0 Å². The van der Waals surface area contributed by atoms with E-state index in [0.717, 1.165) is 32.2 Å². The molecule has 0 bridgehead atoms. The normalized spacial score (nSPS) is 34.4. The number of ether oxygens (including phenoxy) is 4. The quantitative estimate of drug-likeness (QED) is 0.627. The van der Waals surface area contributed by atoms with Gasteiger partial charge in [0.1, 0.15) is 6.10 Å². The molecule has 0 radical (unpaired) electrons. The molecule has 6 heteroatoms. The van der Waals surface area contributed by atoms with Gasteiger partial charge in [0.25, 0.3) is 0 Å². The highest BCUT2D eigenvalue weighted by Crippen LogP contribution is 2.29. The van der Waals surface area contributed by atoms with Crippen LogP contribution >= 0.6 is 0 Å². The summed E-state index contributed by atoms with van der Waals surface area (Å²) in [5.41, 5.74) is 0. The van der Waals surface area contributed by atoms with E-state index in [-0.39, 0.29) is 36.2 Å². The number of rotatable bonds is 8. The molecule has 2 fully saturated rings. The van der Waals surface area contributed by atoms with Crippen molar-refractivity contribution in [1.29, 1.82) is 0 Å². The van der Waals surface area contributed by atoms with Crippen molar-refractivity contribution < 1.29 is 23.7 Å². The van der Waals surface area contributed by atoms with Crippen molar-refractivity contribution in [3.05, 3.63) is 0 Å². The average molecular weight is 343 g/mol. The van der Waals surface area contributed by atoms with Crippen molar-refractivity contribution in [3.63, 3.8) is 0 Å². The summed E-state index contributed by atoms with van der Waals surface area (Å²) in [6.07, 6.45) is 3.95. The van der Waals surface area contributed by atoms with Crippen LogP contribution < -0.4 is 0 Å². The van der Waals surface area contributed by atoms with Gasteiger partial charge < -0.3 is 18.9 Å². The fourth-order valence-electron chi connectivity index (χ4n) is 3.82. The molecule has 1 aliphatic carbocycles. The molecular formula is C18H33NO5. The monoisotopic (exact) mass is 343 g/mol. The van der Waals surface area contributed by atoms with E-state index < -0.39 is 0 Å². The number of methoxy groups -OCH3 is 1. The molecule has 6 nitrogen and oxygen atoms in total. The molecule has 0 aromatic rings. The van der Waals surface area contributed by atoms with Gasteiger partial charge in [-0.25, -0.2) is 0 Å². The summed E-state index contributed by atoms with van der Waals surface area (Å²) in [6.45, 7) is 6.52. The fourth-order valence-corrected chi connectivity index (χ4v) is 3.82. The third-order valence-corrected chi connectivity index (χ3v) is 5.24. The molecule has 0 unspecified atom stereocenters. The lowest BCUT2D eigenvalue weighted by Crippen LogP contribution is -2.41. The maximum absolute atomic E-state index is 11.8. The number of likely N-dealkylation sites (N-methyl/N-ethyl adjacent to an activating group) is 1. The second-order valence-corrected chi connectivity index (χ2v) is 6.76. The summed E-state index contributed by atoms with van der Waals surface area (Å²) < 4.78 is 22.7. The molecule has 140 valence electrons. The molecule has 0 aromatic heterocycles. The predicted molar refractivity (Wildman–Crippen MR) is 91.0 cm³/mol. The van der Waals surface area contributed by atoms with Crippen LogP contribution in [0.15, 0.2) is 0 Å². The van der Waals surface area contributed by atoms with E-state index in [2.05, 4.69) is 11.9 Å². The highest BCUT2D eigenvalue weighted by molar-refractivity contribution is 5.72. The van der Waals surface area contributed by atoms with Gasteiger partial charge in [-0.1, -0.05) is 0 Å². The number of hydrogen-bond donors (Lipinski definition) is 0. The predicted octanol–water partition coefficient (Wildman–Crippen LogP) is 1.86. The first-order chi connectivity index (χ1) is 11.6. The van der Waals surface area contributed by atoms with E-state index in [1.165, 1.54) is 0 Å². The SMILES string of the molecule is CCOC(=O)C1CCC(OC[C@@H]2[C@@H](OCC)[C@@H](OC)CN2C)CC1. The van der Waals surface area contributed by atoms with Crippen LogP contribution in [0.5, 0.6) is 0 Å². The van der Waals surface area contributed by atoms with Gasteiger partial charge in [-0.2, -0.15) is 0 Å². The highest BCUT2D eigenvalue weighted by Gasteiger charge is 2.41. The minimum Gasteiger partial charge on any atom is -0.466 e. The Bertz CT molecular complexity index is 384. The van der Waals surface area contributed by atoms with Gasteiger partial charge in [-0.15, -0.1) is 0 Å². The summed E-state index contributed by atoms with van der Waals surface area (Å²) in [7, 11) is 3.83. The summed E-state index contributed by atoms with van der Waals surface area (Å²) in [5, 5.41) is 0. The lowest BCUT2D eigenvalue weighted by molar-refractivity contribution is -0.150. The summed E-state index contributed by atoms with van der Waals surface area (Å²) >= 11 is 0. The van der Waals surface area contributed by atoms with Gasteiger partial charge in [0, 0.05) is 20.3 Å². The van der Waals surface area contributed by atoms with E-state index in [4.69, 9.17) is 18.9 Å².